The van der Waals surface area contributed by atoms with E-state index in [2.05, 4.69) is 40.3 Å². The molecule has 0 amide bonds. The summed E-state index contributed by atoms with van der Waals surface area (Å²) in [5.74, 6) is 15.7. The van der Waals surface area contributed by atoms with Crippen LogP contribution in [0.5, 0.6) is 0 Å². The molecule has 0 aliphatic carbocycles. The average molecular weight is 204 g/mol. The van der Waals surface area contributed by atoms with Crippen molar-refractivity contribution >= 4 is 5.97 Å². The molecule has 0 saturated carbocycles. The third kappa shape index (κ3) is 10.0. The smallest absolute Gasteiger partial charge is 0.317 e. The number of carbonyl (C=O) groups is 1. The standard InChI is InChI=1S/C12H12O3/c1-15-12(14)10-8-6-4-2-3-5-7-9-11-13/h13H,4-5,10-11H2,1H3. The van der Waals surface area contributed by atoms with Crippen molar-refractivity contribution in [2.24, 2.45) is 0 Å². The molecule has 1 N–H and O–H groups in total. The summed E-state index contributed by atoms with van der Waals surface area (Å²) in [6.45, 7) is -0.138. The molecule has 0 saturated heterocycles. The summed E-state index contributed by atoms with van der Waals surface area (Å²) < 4.78 is 4.40. The monoisotopic (exact) mass is 204 g/mol. The van der Waals surface area contributed by atoms with Crippen molar-refractivity contribution in [1.82, 2.24) is 0 Å². The molecule has 0 atom stereocenters. The van der Waals surface area contributed by atoms with Gasteiger partial charge >= 0.3 is 5.97 Å². The van der Waals surface area contributed by atoms with Gasteiger partial charge in [0.05, 0.1) is 20.0 Å². The van der Waals surface area contributed by atoms with Crippen molar-refractivity contribution in [1.29, 1.82) is 0 Å². The Labute approximate surface area is 89.8 Å². The van der Waals surface area contributed by atoms with E-state index in [9.17, 15) is 4.79 Å². The van der Waals surface area contributed by atoms with Crippen molar-refractivity contribution in [3.8, 4) is 35.5 Å². The molecule has 0 radical (unpaired) electrons. The molecule has 0 rings (SSSR count). The highest BCUT2D eigenvalue weighted by Gasteiger charge is 1.91. The molecule has 0 heterocycles. The number of ether oxygens (including phenoxy) is 1. The maximum absolute atomic E-state index is 10.6. The summed E-state index contributed by atoms with van der Waals surface area (Å²) >= 11 is 0. The van der Waals surface area contributed by atoms with Gasteiger partial charge in [0.2, 0.25) is 0 Å². The molecule has 0 spiro atoms. The molecular weight excluding hydrogens is 192 g/mol. The van der Waals surface area contributed by atoms with Crippen LogP contribution in [0, 0.1) is 35.5 Å². The lowest BCUT2D eigenvalue weighted by Crippen LogP contribution is -1.96. The highest BCUT2D eigenvalue weighted by atomic mass is 16.5. The predicted octanol–water partition coefficient (Wildman–Crippen LogP) is 0.332. The number of carbonyl (C=O) groups excluding carboxylic acids is 1. The molecule has 0 fully saturated rings. The maximum atomic E-state index is 10.6. The first-order valence-corrected chi connectivity index (χ1v) is 4.36. The summed E-state index contributed by atoms with van der Waals surface area (Å²) in [4.78, 5) is 10.6. The second-order valence-corrected chi connectivity index (χ2v) is 2.33. The fourth-order valence-corrected chi connectivity index (χ4v) is 0.601. The molecule has 0 aromatic rings. The second kappa shape index (κ2) is 10.2. The van der Waals surface area contributed by atoms with Crippen LogP contribution < -0.4 is 0 Å². The quantitative estimate of drug-likeness (QED) is 0.494. The molecular formula is C12H12O3. The zero-order valence-corrected chi connectivity index (χ0v) is 8.59. The molecule has 15 heavy (non-hydrogen) atoms. The van der Waals surface area contributed by atoms with Crippen molar-refractivity contribution in [2.75, 3.05) is 13.7 Å². The number of esters is 1. The predicted molar refractivity (Wildman–Crippen MR) is 56.3 cm³/mol. The third-order valence-corrected chi connectivity index (χ3v) is 1.27. The Morgan fingerprint density at radius 2 is 1.60 bits per heavy atom. The Morgan fingerprint density at radius 3 is 2.13 bits per heavy atom. The van der Waals surface area contributed by atoms with Crippen LogP contribution >= 0.6 is 0 Å². The van der Waals surface area contributed by atoms with Gasteiger partial charge < -0.3 is 9.84 Å². The van der Waals surface area contributed by atoms with Crippen LogP contribution in [-0.4, -0.2) is 24.8 Å². The first-order valence-electron chi connectivity index (χ1n) is 4.36. The van der Waals surface area contributed by atoms with E-state index in [1.165, 1.54) is 7.11 Å². The molecule has 0 bridgehead atoms. The van der Waals surface area contributed by atoms with Crippen molar-refractivity contribution in [2.45, 2.75) is 19.3 Å². The zero-order chi connectivity index (χ0) is 11.4. The van der Waals surface area contributed by atoms with Gasteiger partial charge in [0.1, 0.15) is 13.0 Å². The summed E-state index contributed by atoms with van der Waals surface area (Å²) in [5.41, 5.74) is 0. The number of aliphatic hydroxyl groups is 1. The fourth-order valence-electron chi connectivity index (χ4n) is 0.601. The highest BCUT2D eigenvalue weighted by molar-refractivity contribution is 5.72. The number of aliphatic hydroxyl groups excluding tert-OH is 1. The van der Waals surface area contributed by atoms with Crippen LogP contribution in [0.2, 0.25) is 0 Å². The van der Waals surface area contributed by atoms with Crippen LogP contribution in [0.3, 0.4) is 0 Å². The van der Waals surface area contributed by atoms with Gasteiger partial charge in [-0.1, -0.05) is 35.5 Å². The average Bonchev–Trinajstić information content (AvgIpc) is 2.26. The number of hydrogen-bond donors (Lipinski definition) is 1. The van der Waals surface area contributed by atoms with E-state index in [1.54, 1.807) is 0 Å². The van der Waals surface area contributed by atoms with Gasteiger partial charge in [-0.05, 0) is 0 Å². The van der Waals surface area contributed by atoms with E-state index in [0.29, 0.717) is 12.8 Å². The first-order chi connectivity index (χ1) is 7.31. The van der Waals surface area contributed by atoms with Crippen molar-refractivity contribution < 1.29 is 14.6 Å². The molecule has 78 valence electrons. The summed E-state index contributed by atoms with van der Waals surface area (Å²) in [5, 5.41) is 8.33. The minimum atomic E-state index is -0.343. The van der Waals surface area contributed by atoms with Crippen LogP contribution in [0.25, 0.3) is 0 Å². The Bertz CT molecular complexity index is 363. The zero-order valence-electron chi connectivity index (χ0n) is 8.59. The van der Waals surface area contributed by atoms with E-state index < -0.39 is 0 Å². The van der Waals surface area contributed by atoms with Gasteiger partial charge in [0, 0.05) is 0 Å². The molecule has 0 aliphatic heterocycles. The summed E-state index contributed by atoms with van der Waals surface area (Å²) in [6.07, 6.45) is 0.944. The number of methoxy groups -OCH3 is 1. The molecule has 0 aromatic heterocycles. The normalized spacial score (nSPS) is 7.07. The number of rotatable bonds is 1. The lowest BCUT2D eigenvalue weighted by molar-refractivity contribution is -0.139. The van der Waals surface area contributed by atoms with E-state index >= 15 is 0 Å². The second-order valence-electron chi connectivity index (χ2n) is 2.33. The first kappa shape index (κ1) is 13.1. The van der Waals surface area contributed by atoms with E-state index in [0.717, 1.165) is 0 Å². The minimum absolute atomic E-state index is 0.0997. The van der Waals surface area contributed by atoms with E-state index in [1.807, 2.05) is 0 Å². The van der Waals surface area contributed by atoms with Crippen LogP contribution in [0.15, 0.2) is 0 Å². The SMILES string of the molecule is COC(=O)CC#CCC#CCC#CCO. The molecule has 3 heteroatoms. The minimum Gasteiger partial charge on any atom is -0.468 e. The Balaban J connectivity index is 3.63. The molecule has 0 aliphatic rings. The lowest BCUT2D eigenvalue weighted by Gasteiger charge is -1.88. The Kier molecular flexibility index (Phi) is 8.91. The van der Waals surface area contributed by atoms with Gasteiger partial charge in [0.15, 0.2) is 0 Å². The maximum Gasteiger partial charge on any atom is 0.317 e. The van der Waals surface area contributed by atoms with Gasteiger partial charge in [-0.25, -0.2) is 0 Å². The Hall–Kier alpha value is -1.89. The topological polar surface area (TPSA) is 46.5 Å². The van der Waals surface area contributed by atoms with Crippen LogP contribution in [0.4, 0.5) is 0 Å². The molecule has 0 aromatic carbocycles. The fraction of sp³-hybridized carbons (Fsp3) is 0.417. The van der Waals surface area contributed by atoms with Crippen molar-refractivity contribution in [3.05, 3.63) is 0 Å². The van der Waals surface area contributed by atoms with E-state index in [4.69, 9.17) is 5.11 Å². The lowest BCUT2D eigenvalue weighted by atomic mass is 10.3. The van der Waals surface area contributed by atoms with Gasteiger partial charge in [0.25, 0.3) is 0 Å². The van der Waals surface area contributed by atoms with Crippen molar-refractivity contribution in [3.63, 3.8) is 0 Å². The van der Waals surface area contributed by atoms with Gasteiger partial charge in [-0.3, -0.25) is 4.79 Å². The highest BCUT2D eigenvalue weighted by Crippen LogP contribution is 1.81. The van der Waals surface area contributed by atoms with Crippen LogP contribution in [-0.2, 0) is 9.53 Å². The van der Waals surface area contributed by atoms with E-state index in [-0.39, 0.29) is 19.0 Å². The van der Waals surface area contributed by atoms with Crippen LogP contribution in [0.1, 0.15) is 19.3 Å². The van der Waals surface area contributed by atoms with Gasteiger partial charge in [-0.2, -0.15) is 0 Å². The summed E-state index contributed by atoms with van der Waals surface area (Å²) in [7, 11) is 1.32. The largest absolute Gasteiger partial charge is 0.468 e. The number of hydrogen-bond acceptors (Lipinski definition) is 3. The Morgan fingerprint density at radius 1 is 1.07 bits per heavy atom. The van der Waals surface area contributed by atoms with Gasteiger partial charge in [-0.15, -0.1) is 0 Å². The molecule has 0 unspecified atom stereocenters. The summed E-state index contributed by atoms with van der Waals surface area (Å²) in [6, 6.07) is 0. The third-order valence-electron chi connectivity index (χ3n) is 1.27. The molecule has 3 nitrogen and oxygen atoms in total.